The number of ketones is 1. The fourth-order valence-electron chi connectivity index (χ4n) is 4.18. The average Bonchev–Trinajstić information content (AvgIpc) is 3.15. The zero-order valence-corrected chi connectivity index (χ0v) is 19.9. The summed E-state index contributed by atoms with van der Waals surface area (Å²) in [4.78, 5) is 29.3. The molecule has 1 aromatic heterocycles. The van der Waals surface area contributed by atoms with Crippen LogP contribution in [0.3, 0.4) is 0 Å². The number of aryl methyl sites for hydroxylation is 1. The molecule has 174 valence electrons. The van der Waals surface area contributed by atoms with Crippen LogP contribution in [0.5, 0.6) is 0 Å². The second kappa shape index (κ2) is 10.0. The number of carbonyl (C=O) groups is 2. The Kier molecular flexibility index (Phi) is 6.89. The molecule has 0 bridgehead atoms. The number of aromatic nitrogens is 1. The largest absolute Gasteiger partial charge is 0.380 e. The molecule has 0 spiro atoms. The van der Waals surface area contributed by atoms with Crippen LogP contribution in [-0.4, -0.2) is 35.2 Å². The first-order valence-electron chi connectivity index (χ1n) is 11.4. The number of fused-ring (bicyclic) bond motifs is 3. The van der Waals surface area contributed by atoms with Gasteiger partial charge in [-0.3, -0.25) is 4.79 Å². The van der Waals surface area contributed by atoms with Crippen molar-refractivity contribution in [1.82, 2.24) is 4.57 Å². The van der Waals surface area contributed by atoms with Crippen LogP contribution in [0, 0.1) is 6.92 Å². The van der Waals surface area contributed by atoms with Crippen molar-refractivity contribution in [2.75, 3.05) is 13.2 Å². The number of hydrogen-bond acceptors (Lipinski definition) is 5. The Balaban J connectivity index is 1.87. The van der Waals surface area contributed by atoms with Crippen molar-refractivity contribution in [2.45, 2.75) is 34.2 Å². The van der Waals surface area contributed by atoms with Crippen LogP contribution in [0.15, 0.2) is 65.8 Å². The molecule has 0 aliphatic heterocycles. The van der Waals surface area contributed by atoms with Gasteiger partial charge >= 0.3 is 5.97 Å². The quantitative estimate of drug-likeness (QED) is 0.113. The van der Waals surface area contributed by atoms with Crippen LogP contribution in [0.25, 0.3) is 21.8 Å². The fraction of sp³-hybridized carbons (Fsp3) is 0.250. The first-order valence-corrected chi connectivity index (χ1v) is 11.4. The Hall–Kier alpha value is -3.77. The van der Waals surface area contributed by atoms with E-state index >= 15 is 0 Å². The molecule has 0 fully saturated rings. The standard InChI is InChI=1S/C28H28N2O4/c1-5-33-15-14-30-26-12-10-21(19(3)29-34-20(4)31)16-24(26)25-17-22(11-13-27(25)30)28(32)23-9-7-6-8-18(23)2/h6-13,16-17H,5,14-15H2,1-4H3. The van der Waals surface area contributed by atoms with Gasteiger partial charge in [-0.2, -0.15) is 0 Å². The Morgan fingerprint density at radius 3 is 2.21 bits per heavy atom. The lowest BCUT2D eigenvalue weighted by Gasteiger charge is -2.08. The molecule has 1 heterocycles. The highest BCUT2D eigenvalue weighted by atomic mass is 16.7. The van der Waals surface area contributed by atoms with Gasteiger partial charge in [0.05, 0.1) is 12.3 Å². The zero-order valence-electron chi connectivity index (χ0n) is 19.9. The lowest BCUT2D eigenvalue weighted by molar-refractivity contribution is -0.140. The van der Waals surface area contributed by atoms with Crippen LogP contribution in [-0.2, 0) is 20.9 Å². The fourth-order valence-corrected chi connectivity index (χ4v) is 4.18. The van der Waals surface area contributed by atoms with E-state index in [0.717, 1.165) is 32.9 Å². The van der Waals surface area contributed by atoms with E-state index in [9.17, 15) is 9.59 Å². The van der Waals surface area contributed by atoms with Crippen molar-refractivity contribution >= 4 is 39.3 Å². The molecule has 4 aromatic rings. The lowest BCUT2D eigenvalue weighted by Crippen LogP contribution is -2.06. The highest BCUT2D eigenvalue weighted by Crippen LogP contribution is 2.32. The summed E-state index contributed by atoms with van der Waals surface area (Å²) in [5.41, 5.74) is 5.80. The first-order chi connectivity index (χ1) is 16.4. The van der Waals surface area contributed by atoms with E-state index < -0.39 is 5.97 Å². The summed E-state index contributed by atoms with van der Waals surface area (Å²) in [7, 11) is 0. The minimum absolute atomic E-state index is 0.000952. The topological polar surface area (TPSA) is 69.9 Å². The second-order valence-corrected chi connectivity index (χ2v) is 8.22. The number of benzene rings is 3. The van der Waals surface area contributed by atoms with E-state index in [1.165, 1.54) is 6.92 Å². The van der Waals surface area contributed by atoms with E-state index in [-0.39, 0.29) is 5.78 Å². The predicted molar refractivity (Wildman–Crippen MR) is 135 cm³/mol. The minimum Gasteiger partial charge on any atom is -0.380 e. The molecule has 0 atom stereocenters. The van der Waals surface area contributed by atoms with E-state index in [0.29, 0.717) is 36.6 Å². The number of hydrogen-bond donors (Lipinski definition) is 0. The second-order valence-electron chi connectivity index (χ2n) is 8.22. The molecule has 6 nitrogen and oxygen atoms in total. The summed E-state index contributed by atoms with van der Waals surface area (Å²) >= 11 is 0. The molecule has 0 N–H and O–H groups in total. The summed E-state index contributed by atoms with van der Waals surface area (Å²) in [5.74, 6) is -0.466. The maximum Gasteiger partial charge on any atom is 0.331 e. The molecule has 0 saturated heterocycles. The van der Waals surface area contributed by atoms with Gasteiger partial charge in [-0.25, -0.2) is 4.79 Å². The maximum atomic E-state index is 13.3. The molecular weight excluding hydrogens is 428 g/mol. The number of nitrogens with zero attached hydrogens (tertiary/aromatic N) is 2. The summed E-state index contributed by atoms with van der Waals surface area (Å²) in [5, 5.41) is 5.91. The molecule has 6 heteroatoms. The normalized spacial score (nSPS) is 11.8. The van der Waals surface area contributed by atoms with Crippen molar-refractivity contribution in [2.24, 2.45) is 5.16 Å². The highest BCUT2D eigenvalue weighted by molar-refractivity contribution is 6.16. The van der Waals surface area contributed by atoms with Gasteiger partial charge in [0.1, 0.15) is 0 Å². The van der Waals surface area contributed by atoms with Crippen molar-refractivity contribution < 1.29 is 19.2 Å². The summed E-state index contributed by atoms with van der Waals surface area (Å²) in [6.07, 6.45) is 0. The van der Waals surface area contributed by atoms with Gasteiger partial charge in [0.15, 0.2) is 5.78 Å². The van der Waals surface area contributed by atoms with E-state index in [1.54, 1.807) is 6.92 Å². The SMILES string of the molecule is CCOCCn1c2ccc(C(=O)c3ccccc3C)cc2c2cc(C(C)=NOC(C)=O)ccc21. The molecular formula is C28H28N2O4. The van der Waals surface area contributed by atoms with Gasteiger partial charge < -0.3 is 14.1 Å². The summed E-state index contributed by atoms with van der Waals surface area (Å²) in [6.45, 7) is 8.98. The molecule has 0 aliphatic carbocycles. The van der Waals surface area contributed by atoms with E-state index in [4.69, 9.17) is 9.57 Å². The van der Waals surface area contributed by atoms with Crippen molar-refractivity contribution in [3.8, 4) is 0 Å². The molecule has 4 rings (SSSR count). The lowest BCUT2D eigenvalue weighted by atomic mass is 9.97. The van der Waals surface area contributed by atoms with Gasteiger partial charge in [0, 0.05) is 53.0 Å². The van der Waals surface area contributed by atoms with Crippen LogP contribution in [0.2, 0.25) is 0 Å². The zero-order chi connectivity index (χ0) is 24.2. The minimum atomic E-state index is -0.465. The van der Waals surface area contributed by atoms with Gasteiger partial charge in [0.25, 0.3) is 0 Å². The Labute approximate surface area is 198 Å². The van der Waals surface area contributed by atoms with E-state index in [2.05, 4.69) is 9.72 Å². The van der Waals surface area contributed by atoms with Gasteiger partial charge in [-0.1, -0.05) is 35.5 Å². The molecule has 0 aliphatic rings. The maximum absolute atomic E-state index is 13.3. The van der Waals surface area contributed by atoms with Crippen molar-refractivity contribution in [1.29, 1.82) is 0 Å². The molecule has 3 aromatic carbocycles. The summed E-state index contributed by atoms with van der Waals surface area (Å²) in [6, 6.07) is 19.5. The highest BCUT2D eigenvalue weighted by Gasteiger charge is 2.17. The van der Waals surface area contributed by atoms with Crippen LogP contribution in [0.4, 0.5) is 0 Å². The Morgan fingerprint density at radius 1 is 0.912 bits per heavy atom. The Bertz CT molecular complexity index is 1410. The molecule has 0 saturated carbocycles. The third kappa shape index (κ3) is 4.63. The predicted octanol–water partition coefficient (Wildman–Crippen LogP) is 5.66. The monoisotopic (exact) mass is 456 g/mol. The van der Waals surface area contributed by atoms with E-state index in [1.807, 2.05) is 74.5 Å². The number of oxime groups is 1. The van der Waals surface area contributed by atoms with Crippen LogP contribution < -0.4 is 0 Å². The number of rotatable bonds is 8. The van der Waals surface area contributed by atoms with Gasteiger partial charge in [-0.15, -0.1) is 0 Å². The third-order valence-corrected chi connectivity index (χ3v) is 5.91. The van der Waals surface area contributed by atoms with Gasteiger partial charge in [0.2, 0.25) is 0 Å². The Morgan fingerprint density at radius 2 is 1.56 bits per heavy atom. The third-order valence-electron chi connectivity index (χ3n) is 5.91. The van der Waals surface area contributed by atoms with Crippen molar-refractivity contribution in [3.05, 3.63) is 82.9 Å². The average molecular weight is 457 g/mol. The van der Waals surface area contributed by atoms with Crippen molar-refractivity contribution in [3.63, 3.8) is 0 Å². The molecule has 0 radical (unpaired) electrons. The van der Waals surface area contributed by atoms with Gasteiger partial charge in [-0.05, 0) is 62.2 Å². The number of carbonyl (C=O) groups excluding carboxylic acids is 2. The van der Waals surface area contributed by atoms with Crippen LogP contribution >= 0.6 is 0 Å². The molecule has 0 amide bonds. The summed E-state index contributed by atoms with van der Waals surface area (Å²) < 4.78 is 7.82. The number of ether oxygens (including phenoxy) is 1. The smallest absolute Gasteiger partial charge is 0.331 e. The van der Waals surface area contributed by atoms with Crippen LogP contribution in [0.1, 0.15) is 47.8 Å². The molecule has 34 heavy (non-hydrogen) atoms. The molecule has 0 unspecified atom stereocenters. The first kappa shape index (κ1) is 23.4.